The molecule has 0 amide bonds. The molecule has 2 unspecified atom stereocenters. The first-order chi connectivity index (χ1) is 26.1. The van der Waals surface area contributed by atoms with Gasteiger partial charge in [0.2, 0.25) is 0 Å². The van der Waals surface area contributed by atoms with E-state index in [1.165, 1.54) is 30.5 Å². The van der Waals surface area contributed by atoms with Gasteiger partial charge in [-0.25, -0.2) is 0 Å². The maximum atomic E-state index is 13.0. The van der Waals surface area contributed by atoms with Crippen molar-refractivity contribution in [2.45, 2.75) is 92.5 Å². The van der Waals surface area contributed by atoms with Crippen molar-refractivity contribution in [3.63, 3.8) is 0 Å². The van der Waals surface area contributed by atoms with E-state index < -0.39 is 22.8 Å². The van der Waals surface area contributed by atoms with Gasteiger partial charge in [0.1, 0.15) is 18.0 Å². The highest BCUT2D eigenvalue weighted by molar-refractivity contribution is 5.62. The second kappa shape index (κ2) is 15.3. The van der Waals surface area contributed by atoms with Gasteiger partial charge in [-0.2, -0.15) is 13.2 Å². The van der Waals surface area contributed by atoms with E-state index in [0.717, 1.165) is 49.1 Å². The number of ether oxygens (including phenoxy) is 4. The van der Waals surface area contributed by atoms with Crippen LogP contribution >= 0.6 is 0 Å². The predicted octanol–water partition coefficient (Wildman–Crippen LogP) is 5.86. The summed E-state index contributed by atoms with van der Waals surface area (Å²) in [6.07, 6.45) is 1.26. The van der Waals surface area contributed by atoms with Crippen molar-refractivity contribution < 1.29 is 42.3 Å². The molecule has 54 heavy (non-hydrogen) atoms. The number of likely N-dealkylation sites (tertiary alicyclic amines) is 1. The second-order valence-electron chi connectivity index (χ2n) is 15.8. The number of rotatable bonds is 17. The Kier molecular flexibility index (Phi) is 10.6. The summed E-state index contributed by atoms with van der Waals surface area (Å²) in [5, 5.41) is 27.1. The van der Waals surface area contributed by atoms with Crippen LogP contribution in [0.5, 0.6) is 17.2 Å². The van der Waals surface area contributed by atoms with Gasteiger partial charge in [0.25, 0.3) is 0 Å². The number of hydrogen-bond acceptors (Lipinski definition) is 9. The number of phenols is 1. The topological polar surface area (TPSA) is 95.9 Å². The number of benzene rings is 3. The molecule has 2 saturated carbocycles. The summed E-state index contributed by atoms with van der Waals surface area (Å²) in [6.45, 7) is 5.01. The number of piperidine rings is 1. The average Bonchev–Trinajstić information content (AvgIpc) is 3.94. The number of nitrogens with one attached hydrogen (secondary N) is 1. The highest BCUT2D eigenvalue weighted by atomic mass is 19.4. The lowest BCUT2D eigenvalue weighted by molar-refractivity contribution is -0.193. The lowest BCUT2D eigenvalue weighted by Gasteiger charge is -2.64. The summed E-state index contributed by atoms with van der Waals surface area (Å²) in [7, 11) is 2.01. The molecule has 8 rings (SSSR count). The molecule has 1 saturated heterocycles. The van der Waals surface area contributed by atoms with Gasteiger partial charge >= 0.3 is 6.18 Å². The Balaban J connectivity index is 0.759. The van der Waals surface area contributed by atoms with Crippen LogP contribution in [0.2, 0.25) is 0 Å². The third-order valence-electron chi connectivity index (χ3n) is 12.6. The molecule has 2 aliphatic heterocycles. The van der Waals surface area contributed by atoms with Crippen molar-refractivity contribution >= 4 is 0 Å². The van der Waals surface area contributed by atoms with Gasteiger partial charge in [-0.15, -0.1) is 0 Å². The van der Waals surface area contributed by atoms with Crippen molar-refractivity contribution in [3.05, 3.63) is 89.0 Å². The van der Waals surface area contributed by atoms with Gasteiger partial charge in [-0.05, 0) is 93.6 Å². The molecule has 5 aliphatic rings. The van der Waals surface area contributed by atoms with Crippen LogP contribution in [0.4, 0.5) is 13.2 Å². The van der Waals surface area contributed by atoms with Crippen molar-refractivity contribution in [2.24, 2.45) is 0 Å². The number of phenolic OH excluding ortho intramolecular Hbond substituents is 1. The SMILES string of the molecule is CN(CCOCCOCCN[C@@H]1CC[C@@]2(O)[C@H]3Cc4ccc(O)c5c4[C@@]2(CCN3C2CC2)C1O5)CCC(Oc1ccc(C(F)(F)F)cc1)c1ccccc1. The minimum absolute atomic E-state index is 0.0355. The van der Waals surface area contributed by atoms with Gasteiger partial charge in [-0.1, -0.05) is 36.4 Å². The molecule has 0 radical (unpaired) electrons. The lowest BCUT2D eigenvalue weighted by Crippen LogP contribution is -2.78. The molecule has 6 atom stereocenters. The third-order valence-corrected chi connectivity index (χ3v) is 12.6. The molecule has 2 heterocycles. The maximum absolute atomic E-state index is 13.0. The molecule has 3 aliphatic carbocycles. The first-order valence-corrected chi connectivity index (χ1v) is 19.5. The summed E-state index contributed by atoms with van der Waals surface area (Å²) in [4.78, 5) is 4.72. The molecule has 1 spiro atoms. The van der Waals surface area contributed by atoms with Crippen molar-refractivity contribution in [1.29, 1.82) is 0 Å². The average molecular weight is 752 g/mol. The standard InChI is InChI=1S/C42H52F3N3O6/c1-47(20-16-35(28-5-3-2-4-6-28)53-32-12-8-30(9-13-32)42(43,44)45)22-24-52-26-25-51-23-19-46-33-15-17-41(50)36-27-29-7-14-34(49)38-37(29)40(41,39(33)54-38)18-21-48(36)31-10-11-31/h2-9,12-14,31,33,35-36,39,46,49-50H,10-11,15-27H2,1H3/t33-,35?,36-,39?,40+,41-/m1/s1. The normalized spacial score (nSPS) is 27.8. The van der Waals surface area contributed by atoms with E-state index in [2.05, 4.69) is 15.1 Å². The smallest absolute Gasteiger partial charge is 0.416 e. The molecular weight excluding hydrogens is 699 g/mol. The summed E-state index contributed by atoms with van der Waals surface area (Å²) in [6, 6.07) is 19.0. The zero-order chi connectivity index (χ0) is 37.5. The van der Waals surface area contributed by atoms with Crippen LogP contribution in [-0.2, 0) is 27.5 Å². The summed E-state index contributed by atoms with van der Waals surface area (Å²) >= 11 is 0. The molecule has 3 N–H and O–H groups in total. The van der Waals surface area contributed by atoms with E-state index >= 15 is 0 Å². The minimum atomic E-state index is -4.39. The quantitative estimate of drug-likeness (QED) is 0.147. The third kappa shape index (κ3) is 7.10. The predicted molar refractivity (Wildman–Crippen MR) is 197 cm³/mol. The number of halogens is 3. The number of nitrogens with zero attached hydrogens (tertiary/aromatic N) is 2. The Morgan fingerprint density at radius 3 is 2.44 bits per heavy atom. The molecule has 0 aromatic heterocycles. The van der Waals surface area contributed by atoms with Gasteiger partial charge in [0.15, 0.2) is 11.5 Å². The number of aromatic hydroxyl groups is 1. The van der Waals surface area contributed by atoms with Crippen LogP contribution in [0.15, 0.2) is 66.7 Å². The Morgan fingerprint density at radius 1 is 0.944 bits per heavy atom. The summed E-state index contributed by atoms with van der Waals surface area (Å²) < 4.78 is 63.7. The van der Waals surface area contributed by atoms with Crippen molar-refractivity contribution in [1.82, 2.24) is 15.1 Å². The zero-order valence-electron chi connectivity index (χ0n) is 30.9. The fraction of sp³-hybridized carbons (Fsp3) is 0.571. The molecule has 3 aromatic carbocycles. The summed E-state index contributed by atoms with van der Waals surface area (Å²) in [5.74, 6) is 1.13. The second-order valence-corrected chi connectivity index (χ2v) is 15.8. The van der Waals surface area contributed by atoms with Crippen LogP contribution in [0.3, 0.4) is 0 Å². The van der Waals surface area contributed by atoms with Crippen molar-refractivity contribution in [3.8, 4) is 17.2 Å². The van der Waals surface area contributed by atoms with E-state index in [9.17, 15) is 23.4 Å². The zero-order valence-corrected chi connectivity index (χ0v) is 30.9. The maximum Gasteiger partial charge on any atom is 0.416 e. The van der Waals surface area contributed by atoms with Gasteiger partial charge in [-0.3, -0.25) is 4.90 Å². The number of aliphatic hydroxyl groups is 1. The Labute approximate surface area is 315 Å². The van der Waals surface area contributed by atoms with Crippen molar-refractivity contribution in [2.75, 3.05) is 59.7 Å². The van der Waals surface area contributed by atoms with E-state index in [4.69, 9.17) is 18.9 Å². The monoisotopic (exact) mass is 751 g/mol. The minimum Gasteiger partial charge on any atom is -0.504 e. The van der Waals surface area contributed by atoms with E-state index in [0.29, 0.717) is 76.4 Å². The molecule has 9 nitrogen and oxygen atoms in total. The van der Waals surface area contributed by atoms with Gasteiger partial charge < -0.3 is 39.4 Å². The molecule has 12 heteroatoms. The van der Waals surface area contributed by atoms with Crippen LogP contribution in [0, 0.1) is 0 Å². The van der Waals surface area contributed by atoms with Crippen LogP contribution in [-0.4, -0.2) is 109 Å². The lowest BCUT2D eigenvalue weighted by atomic mass is 9.48. The van der Waals surface area contributed by atoms with Crippen LogP contribution in [0.25, 0.3) is 0 Å². The Morgan fingerprint density at radius 2 is 1.70 bits per heavy atom. The van der Waals surface area contributed by atoms with E-state index in [1.807, 2.05) is 43.4 Å². The van der Waals surface area contributed by atoms with Crippen LogP contribution < -0.4 is 14.8 Å². The molecule has 292 valence electrons. The van der Waals surface area contributed by atoms with Crippen LogP contribution in [0.1, 0.15) is 66.9 Å². The Bertz CT molecular complexity index is 1740. The number of hydrogen-bond donors (Lipinski definition) is 3. The highest BCUT2D eigenvalue weighted by Crippen LogP contribution is 2.66. The van der Waals surface area contributed by atoms with E-state index in [1.54, 1.807) is 6.07 Å². The first kappa shape index (κ1) is 37.5. The number of likely N-dealkylation sites (N-methyl/N-ethyl adjacent to an activating group) is 1. The number of alkyl halides is 3. The molecule has 3 fully saturated rings. The molecule has 3 aromatic rings. The highest BCUT2D eigenvalue weighted by Gasteiger charge is 2.73. The largest absolute Gasteiger partial charge is 0.504 e. The summed E-state index contributed by atoms with van der Waals surface area (Å²) in [5.41, 5.74) is 1.12. The van der Waals surface area contributed by atoms with Gasteiger partial charge in [0, 0.05) is 49.7 Å². The molecular formula is C42H52F3N3O6. The fourth-order valence-corrected chi connectivity index (χ4v) is 9.79. The first-order valence-electron chi connectivity index (χ1n) is 19.5. The van der Waals surface area contributed by atoms with Gasteiger partial charge in [0.05, 0.1) is 43.0 Å². The Hall–Kier alpha value is -3.39. The molecule has 2 bridgehead atoms. The van der Waals surface area contributed by atoms with E-state index in [-0.39, 0.29) is 30.0 Å². The fourth-order valence-electron chi connectivity index (χ4n) is 9.79.